The summed E-state index contributed by atoms with van der Waals surface area (Å²) in [4.78, 5) is 0. The molecule has 1 aliphatic carbocycles. The molecule has 1 saturated carbocycles. The molecule has 1 aliphatic rings. The van der Waals surface area contributed by atoms with E-state index in [4.69, 9.17) is 0 Å². The smallest absolute Gasteiger partial charge is 0.0672 e. The number of aromatic nitrogens is 2. The molecular formula is C13H22N2OS. The van der Waals surface area contributed by atoms with Gasteiger partial charge in [0.1, 0.15) is 0 Å². The summed E-state index contributed by atoms with van der Waals surface area (Å²) in [5, 5.41) is 14.9. The van der Waals surface area contributed by atoms with Crippen molar-refractivity contribution < 1.29 is 5.11 Å². The van der Waals surface area contributed by atoms with Gasteiger partial charge < -0.3 is 5.11 Å². The molecule has 2 rings (SSSR count). The standard InChI is InChI=1S/C13H22N2OS/c1-15-9-11(8-14-15)7-12(16)10-17-13-5-3-2-4-6-13/h8-9,12-13,16H,2-7,10H2,1H3. The molecule has 17 heavy (non-hydrogen) atoms. The Morgan fingerprint density at radius 2 is 2.24 bits per heavy atom. The molecule has 0 saturated heterocycles. The van der Waals surface area contributed by atoms with E-state index in [1.54, 1.807) is 4.68 Å². The van der Waals surface area contributed by atoms with Gasteiger partial charge in [0.25, 0.3) is 0 Å². The number of hydrogen-bond acceptors (Lipinski definition) is 3. The lowest BCUT2D eigenvalue weighted by Crippen LogP contribution is -2.17. The Morgan fingerprint density at radius 1 is 1.47 bits per heavy atom. The van der Waals surface area contributed by atoms with Crippen LogP contribution >= 0.6 is 11.8 Å². The topological polar surface area (TPSA) is 38.0 Å². The molecule has 0 radical (unpaired) electrons. The minimum Gasteiger partial charge on any atom is -0.392 e. The van der Waals surface area contributed by atoms with Crippen LogP contribution in [0.2, 0.25) is 0 Å². The molecule has 0 amide bonds. The molecule has 1 N–H and O–H groups in total. The number of aliphatic hydroxyl groups is 1. The molecule has 0 spiro atoms. The molecule has 4 heteroatoms. The van der Waals surface area contributed by atoms with Crippen LogP contribution in [0, 0.1) is 0 Å². The summed E-state index contributed by atoms with van der Waals surface area (Å²) >= 11 is 1.95. The summed E-state index contributed by atoms with van der Waals surface area (Å²) in [5.41, 5.74) is 1.13. The fourth-order valence-electron chi connectivity index (χ4n) is 2.39. The minimum atomic E-state index is -0.230. The Bertz CT molecular complexity index is 334. The summed E-state index contributed by atoms with van der Waals surface area (Å²) in [6, 6.07) is 0. The third kappa shape index (κ3) is 4.36. The highest BCUT2D eigenvalue weighted by Gasteiger charge is 2.16. The molecule has 1 unspecified atom stereocenters. The zero-order valence-electron chi connectivity index (χ0n) is 10.5. The van der Waals surface area contributed by atoms with E-state index in [1.165, 1.54) is 32.1 Å². The second-order valence-electron chi connectivity index (χ2n) is 4.97. The van der Waals surface area contributed by atoms with Crippen molar-refractivity contribution in [3.05, 3.63) is 18.0 Å². The molecular weight excluding hydrogens is 232 g/mol. The van der Waals surface area contributed by atoms with Crippen molar-refractivity contribution in [1.82, 2.24) is 9.78 Å². The van der Waals surface area contributed by atoms with E-state index in [1.807, 2.05) is 31.2 Å². The zero-order chi connectivity index (χ0) is 12.1. The highest BCUT2D eigenvalue weighted by Crippen LogP contribution is 2.28. The van der Waals surface area contributed by atoms with Gasteiger partial charge in [-0.2, -0.15) is 16.9 Å². The molecule has 1 atom stereocenters. The molecule has 1 fully saturated rings. The highest BCUT2D eigenvalue weighted by atomic mass is 32.2. The van der Waals surface area contributed by atoms with Gasteiger partial charge in [-0.3, -0.25) is 4.68 Å². The first-order chi connectivity index (χ1) is 8.24. The second kappa shape index (κ2) is 6.45. The molecule has 0 bridgehead atoms. The third-order valence-electron chi connectivity index (χ3n) is 3.31. The molecule has 3 nitrogen and oxygen atoms in total. The lowest BCUT2D eigenvalue weighted by molar-refractivity contribution is 0.200. The average Bonchev–Trinajstić information content (AvgIpc) is 2.73. The number of hydrogen-bond donors (Lipinski definition) is 1. The van der Waals surface area contributed by atoms with Crippen molar-refractivity contribution in [2.45, 2.75) is 49.9 Å². The van der Waals surface area contributed by atoms with Crippen LogP contribution in [0.1, 0.15) is 37.7 Å². The Morgan fingerprint density at radius 3 is 2.88 bits per heavy atom. The first kappa shape index (κ1) is 13.0. The maximum absolute atomic E-state index is 9.98. The van der Waals surface area contributed by atoms with Crippen LogP contribution in [0.15, 0.2) is 12.4 Å². The fraction of sp³-hybridized carbons (Fsp3) is 0.769. The third-order valence-corrected chi connectivity index (χ3v) is 4.83. The Balaban J connectivity index is 1.68. The Hall–Kier alpha value is -0.480. The van der Waals surface area contributed by atoms with Crippen LogP contribution in [0.4, 0.5) is 0 Å². The summed E-state index contributed by atoms with van der Waals surface area (Å²) in [6.45, 7) is 0. The first-order valence-corrected chi connectivity index (χ1v) is 7.56. The van der Waals surface area contributed by atoms with Crippen LogP contribution in [0.3, 0.4) is 0 Å². The summed E-state index contributed by atoms with van der Waals surface area (Å²) in [5.74, 6) is 0.861. The van der Waals surface area contributed by atoms with Crippen molar-refractivity contribution in [3.63, 3.8) is 0 Å². The number of thioether (sulfide) groups is 1. The monoisotopic (exact) mass is 254 g/mol. The van der Waals surface area contributed by atoms with Crippen molar-refractivity contribution in [2.24, 2.45) is 7.05 Å². The summed E-state index contributed by atoms with van der Waals surface area (Å²) in [6.07, 6.45) is 11.1. The minimum absolute atomic E-state index is 0.230. The molecule has 96 valence electrons. The van der Waals surface area contributed by atoms with Gasteiger partial charge in [0.05, 0.1) is 12.3 Å². The lowest BCUT2D eigenvalue weighted by atomic mass is 10.0. The van der Waals surface area contributed by atoms with Gasteiger partial charge in [0, 0.05) is 30.7 Å². The molecule has 0 aromatic carbocycles. The van der Waals surface area contributed by atoms with Crippen molar-refractivity contribution in [1.29, 1.82) is 0 Å². The quantitative estimate of drug-likeness (QED) is 0.877. The van der Waals surface area contributed by atoms with Gasteiger partial charge in [-0.15, -0.1) is 0 Å². The number of nitrogens with zero attached hydrogens (tertiary/aromatic N) is 2. The predicted octanol–water partition coefficient (Wildman–Crippen LogP) is 2.39. The first-order valence-electron chi connectivity index (χ1n) is 6.51. The van der Waals surface area contributed by atoms with Gasteiger partial charge in [0.2, 0.25) is 0 Å². The molecule has 1 heterocycles. The molecule has 1 aromatic heterocycles. The van der Waals surface area contributed by atoms with E-state index in [9.17, 15) is 5.11 Å². The summed E-state index contributed by atoms with van der Waals surface area (Å²) in [7, 11) is 1.91. The number of rotatable bonds is 5. The van der Waals surface area contributed by atoms with Crippen molar-refractivity contribution in [3.8, 4) is 0 Å². The predicted molar refractivity (Wildman–Crippen MR) is 72.2 cm³/mol. The van der Waals surface area contributed by atoms with E-state index < -0.39 is 0 Å². The lowest BCUT2D eigenvalue weighted by Gasteiger charge is -2.22. The SMILES string of the molecule is Cn1cc(CC(O)CSC2CCCCC2)cn1. The highest BCUT2D eigenvalue weighted by molar-refractivity contribution is 7.99. The largest absolute Gasteiger partial charge is 0.392 e. The Labute approximate surface area is 108 Å². The normalized spacial score (nSPS) is 19.4. The van der Waals surface area contributed by atoms with Gasteiger partial charge in [-0.05, 0) is 18.4 Å². The van der Waals surface area contributed by atoms with E-state index >= 15 is 0 Å². The van der Waals surface area contributed by atoms with E-state index in [-0.39, 0.29) is 6.10 Å². The average molecular weight is 254 g/mol. The van der Waals surface area contributed by atoms with Crippen molar-refractivity contribution in [2.75, 3.05) is 5.75 Å². The van der Waals surface area contributed by atoms with E-state index in [0.29, 0.717) is 0 Å². The van der Waals surface area contributed by atoms with Gasteiger partial charge in [-0.25, -0.2) is 0 Å². The van der Waals surface area contributed by atoms with Gasteiger partial charge >= 0.3 is 0 Å². The molecule has 0 aliphatic heterocycles. The summed E-state index contributed by atoms with van der Waals surface area (Å²) < 4.78 is 1.79. The Kier molecular flexibility index (Phi) is 4.92. The van der Waals surface area contributed by atoms with E-state index in [2.05, 4.69) is 5.10 Å². The van der Waals surface area contributed by atoms with Crippen molar-refractivity contribution >= 4 is 11.8 Å². The van der Waals surface area contributed by atoms with Gasteiger partial charge in [-0.1, -0.05) is 19.3 Å². The van der Waals surface area contributed by atoms with Crippen LogP contribution in [0.5, 0.6) is 0 Å². The number of aryl methyl sites for hydroxylation is 1. The fourth-order valence-corrected chi connectivity index (χ4v) is 3.67. The number of aliphatic hydroxyl groups excluding tert-OH is 1. The maximum Gasteiger partial charge on any atom is 0.0672 e. The second-order valence-corrected chi connectivity index (χ2v) is 6.31. The van der Waals surface area contributed by atoms with Crippen LogP contribution in [0.25, 0.3) is 0 Å². The molecule has 1 aromatic rings. The van der Waals surface area contributed by atoms with Crippen LogP contribution in [-0.4, -0.2) is 32.0 Å². The van der Waals surface area contributed by atoms with Gasteiger partial charge in [0.15, 0.2) is 0 Å². The van der Waals surface area contributed by atoms with E-state index in [0.717, 1.165) is 23.0 Å². The zero-order valence-corrected chi connectivity index (χ0v) is 11.3. The maximum atomic E-state index is 9.98. The van der Waals surface area contributed by atoms with Crippen LogP contribution < -0.4 is 0 Å². The van der Waals surface area contributed by atoms with Crippen LogP contribution in [-0.2, 0) is 13.5 Å².